The number of rotatable bonds is 1. The Kier molecular flexibility index (Phi) is 3.33. The van der Waals surface area contributed by atoms with Crippen LogP contribution in [0.1, 0.15) is 21.6 Å². The highest BCUT2D eigenvalue weighted by Gasteiger charge is 2.25. The summed E-state index contributed by atoms with van der Waals surface area (Å²) in [5, 5.41) is 13.9. The van der Waals surface area contributed by atoms with Crippen LogP contribution in [0, 0.1) is 18.3 Å². The van der Waals surface area contributed by atoms with E-state index in [4.69, 9.17) is 11.6 Å². The Morgan fingerprint density at radius 1 is 1.25 bits per heavy atom. The summed E-state index contributed by atoms with van der Waals surface area (Å²) in [6, 6.07) is 13.5. The zero-order valence-corrected chi connectivity index (χ0v) is 13.8. The van der Waals surface area contributed by atoms with Crippen molar-refractivity contribution in [3.8, 4) is 17.2 Å². The van der Waals surface area contributed by atoms with Crippen LogP contribution < -0.4 is 5.32 Å². The number of amides is 1. The molecule has 0 saturated heterocycles. The van der Waals surface area contributed by atoms with E-state index in [0.717, 1.165) is 34.1 Å². The maximum Gasteiger partial charge on any atom is 0.268 e. The van der Waals surface area contributed by atoms with Gasteiger partial charge < -0.3 is 9.88 Å². The molecule has 4 nitrogen and oxygen atoms in total. The maximum absolute atomic E-state index is 12.3. The highest BCUT2D eigenvalue weighted by molar-refractivity contribution is 6.30. The van der Waals surface area contributed by atoms with Gasteiger partial charge in [-0.15, -0.1) is 0 Å². The van der Waals surface area contributed by atoms with E-state index in [1.807, 2.05) is 43.3 Å². The lowest BCUT2D eigenvalue weighted by molar-refractivity contribution is 0.0928. The van der Waals surface area contributed by atoms with Crippen LogP contribution in [0.3, 0.4) is 0 Å². The van der Waals surface area contributed by atoms with E-state index in [9.17, 15) is 10.1 Å². The Hall–Kier alpha value is -2.77. The first-order valence-electron chi connectivity index (χ1n) is 7.71. The van der Waals surface area contributed by atoms with Crippen molar-refractivity contribution in [3.63, 3.8) is 0 Å². The van der Waals surface area contributed by atoms with Gasteiger partial charge in [-0.25, -0.2) is 0 Å². The van der Waals surface area contributed by atoms with Crippen molar-refractivity contribution in [2.24, 2.45) is 0 Å². The van der Waals surface area contributed by atoms with E-state index >= 15 is 0 Å². The van der Waals surface area contributed by atoms with Gasteiger partial charge in [0.25, 0.3) is 5.91 Å². The molecule has 0 saturated carbocycles. The molecule has 0 unspecified atom stereocenters. The number of benzene rings is 2. The largest absolute Gasteiger partial charge is 0.349 e. The zero-order chi connectivity index (χ0) is 16.8. The fraction of sp³-hybridized carbons (Fsp3) is 0.158. The first-order valence-corrected chi connectivity index (χ1v) is 8.09. The van der Waals surface area contributed by atoms with Gasteiger partial charge in [0.05, 0.1) is 17.1 Å². The van der Waals surface area contributed by atoms with Gasteiger partial charge in [-0.1, -0.05) is 23.7 Å². The summed E-state index contributed by atoms with van der Waals surface area (Å²) in [6.07, 6.45) is 0. The van der Waals surface area contributed by atoms with Gasteiger partial charge in [-0.3, -0.25) is 4.79 Å². The van der Waals surface area contributed by atoms with Gasteiger partial charge in [-0.05, 0) is 42.3 Å². The third kappa shape index (κ3) is 2.10. The number of hydrogen-bond donors (Lipinski definition) is 1. The van der Waals surface area contributed by atoms with E-state index in [2.05, 4.69) is 16.0 Å². The maximum atomic E-state index is 12.3. The second-order valence-corrected chi connectivity index (χ2v) is 6.36. The number of nitrogens with zero attached hydrogens (tertiary/aromatic N) is 2. The normalized spacial score (nSPS) is 13.5. The summed E-state index contributed by atoms with van der Waals surface area (Å²) < 4.78 is 2.06. The average Bonchev–Trinajstić information content (AvgIpc) is 2.89. The predicted octanol–water partition coefficient (Wildman–Crippen LogP) is 3.89. The number of carbonyl (C=O) groups excluding carboxylic acids is 1. The summed E-state index contributed by atoms with van der Waals surface area (Å²) in [4.78, 5) is 12.3. The highest BCUT2D eigenvalue weighted by Crippen LogP contribution is 2.36. The molecule has 2 aromatic carbocycles. The quantitative estimate of drug-likeness (QED) is 0.733. The summed E-state index contributed by atoms with van der Waals surface area (Å²) in [5.74, 6) is -0.0597. The van der Waals surface area contributed by atoms with Crippen LogP contribution in [0.25, 0.3) is 22.0 Å². The molecule has 1 aliphatic heterocycles. The minimum absolute atomic E-state index is 0.0597. The Morgan fingerprint density at radius 2 is 2.00 bits per heavy atom. The number of nitrogens with one attached hydrogen (secondary N) is 1. The van der Waals surface area contributed by atoms with Gasteiger partial charge in [-0.2, -0.15) is 5.26 Å². The Labute approximate surface area is 144 Å². The fourth-order valence-corrected chi connectivity index (χ4v) is 3.57. The Morgan fingerprint density at radius 3 is 2.71 bits per heavy atom. The average molecular weight is 336 g/mol. The third-order valence-electron chi connectivity index (χ3n) is 4.53. The molecular formula is C19H14ClN3O. The van der Waals surface area contributed by atoms with Crippen molar-refractivity contribution in [1.82, 2.24) is 9.88 Å². The lowest BCUT2D eigenvalue weighted by atomic mass is 9.99. The van der Waals surface area contributed by atoms with E-state index in [1.54, 1.807) is 0 Å². The number of aromatic nitrogens is 1. The molecule has 0 bridgehead atoms. The molecule has 0 spiro atoms. The molecule has 1 N–H and O–H groups in total. The number of fused-ring (bicyclic) bond motifs is 3. The topological polar surface area (TPSA) is 57.8 Å². The van der Waals surface area contributed by atoms with Crippen LogP contribution in [0.2, 0.25) is 5.02 Å². The van der Waals surface area contributed by atoms with Gasteiger partial charge >= 0.3 is 0 Å². The van der Waals surface area contributed by atoms with Crippen molar-refractivity contribution in [1.29, 1.82) is 5.26 Å². The molecule has 1 amide bonds. The minimum Gasteiger partial charge on any atom is -0.349 e. The standard InChI is InChI=1S/C19H14ClN3O/c1-11-15-8-12(10-21)9-16(13-2-4-14(20)5-3-13)18(15)23-7-6-22-19(24)17(11)23/h2-5,8-9H,6-7H2,1H3,(H,22,24). The smallest absolute Gasteiger partial charge is 0.268 e. The minimum atomic E-state index is -0.0597. The molecule has 24 heavy (non-hydrogen) atoms. The zero-order valence-electron chi connectivity index (χ0n) is 13.1. The molecule has 4 rings (SSSR count). The number of aryl methyl sites for hydroxylation is 1. The first kappa shape index (κ1) is 14.8. The lowest BCUT2D eigenvalue weighted by Gasteiger charge is -2.18. The fourth-order valence-electron chi connectivity index (χ4n) is 3.45. The SMILES string of the molecule is Cc1c2n(c3c(-c4ccc(Cl)cc4)cc(C#N)cc13)CCNC2=O. The van der Waals surface area contributed by atoms with Gasteiger partial charge in [0, 0.05) is 29.1 Å². The van der Waals surface area contributed by atoms with E-state index in [1.165, 1.54) is 0 Å². The predicted molar refractivity (Wildman–Crippen MR) is 94.2 cm³/mol. The number of nitriles is 1. The molecule has 2 heterocycles. The molecule has 0 radical (unpaired) electrons. The number of hydrogen-bond acceptors (Lipinski definition) is 2. The van der Waals surface area contributed by atoms with Gasteiger partial charge in [0.15, 0.2) is 0 Å². The van der Waals surface area contributed by atoms with Crippen LogP contribution in [0.4, 0.5) is 0 Å². The van der Waals surface area contributed by atoms with Crippen molar-refractivity contribution >= 4 is 28.4 Å². The van der Waals surface area contributed by atoms with Gasteiger partial charge in [0.1, 0.15) is 5.69 Å². The van der Waals surface area contributed by atoms with Crippen molar-refractivity contribution in [2.45, 2.75) is 13.5 Å². The Balaban J connectivity index is 2.13. The number of carbonyl (C=O) groups is 1. The molecule has 3 aromatic rings. The first-order chi connectivity index (χ1) is 11.6. The molecule has 0 aliphatic carbocycles. The molecule has 118 valence electrons. The third-order valence-corrected chi connectivity index (χ3v) is 4.78. The second-order valence-electron chi connectivity index (χ2n) is 5.92. The van der Waals surface area contributed by atoms with Crippen molar-refractivity contribution in [2.75, 3.05) is 6.54 Å². The molecule has 0 fully saturated rings. The van der Waals surface area contributed by atoms with Gasteiger partial charge in [0.2, 0.25) is 0 Å². The molecular weight excluding hydrogens is 322 g/mol. The van der Waals surface area contributed by atoms with E-state index in [0.29, 0.717) is 22.8 Å². The van der Waals surface area contributed by atoms with Crippen LogP contribution >= 0.6 is 11.6 Å². The molecule has 5 heteroatoms. The molecule has 1 aromatic heterocycles. The van der Waals surface area contributed by atoms with E-state index < -0.39 is 0 Å². The second kappa shape index (κ2) is 5.40. The molecule has 0 atom stereocenters. The summed E-state index contributed by atoms with van der Waals surface area (Å²) in [6.45, 7) is 3.26. The van der Waals surface area contributed by atoms with Crippen LogP contribution in [-0.4, -0.2) is 17.0 Å². The summed E-state index contributed by atoms with van der Waals surface area (Å²) in [5.41, 5.74) is 5.10. The van der Waals surface area contributed by atoms with Crippen LogP contribution in [-0.2, 0) is 6.54 Å². The van der Waals surface area contributed by atoms with Crippen molar-refractivity contribution in [3.05, 3.63) is 58.2 Å². The Bertz CT molecular complexity index is 1030. The summed E-state index contributed by atoms with van der Waals surface area (Å²) in [7, 11) is 0. The van der Waals surface area contributed by atoms with Crippen LogP contribution in [0.15, 0.2) is 36.4 Å². The lowest BCUT2D eigenvalue weighted by Crippen LogP contribution is -2.35. The van der Waals surface area contributed by atoms with Crippen LogP contribution in [0.5, 0.6) is 0 Å². The summed E-state index contributed by atoms with van der Waals surface area (Å²) >= 11 is 6.00. The van der Waals surface area contributed by atoms with E-state index in [-0.39, 0.29) is 5.91 Å². The monoisotopic (exact) mass is 335 g/mol. The molecule has 1 aliphatic rings. The highest BCUT2D eigenvalue weighted by atomic mass is 35.5. The van der Waals surface area contributed by atoms with Crippen molar-refractivity contribution < 1.29 is 4.79 Å². The number of halogens is 1.